The minimum Gasteiger partial charge on any atom is -0.495 e. The number of aromatic nitrogens is 6. The zero-order valence-corrected chi connectivity index (χ0v) is 19.1. The van der Waals surface area contributed by atoms with Crippen LogP contribution in [-0.2, 0) is 0 Å². The van der Waals surface area contributed by atoms with Crippen molar-refractivity contribution >= 4 is 38.9 Å². The van der Waals surface area contributed by atoms with Crippen molar-refractivity contribution in [2.75, 3.05) is 7.11 Å². The molecule has 6 aromatic heterocycles. The van der Waals surface area contributed by atoms with E-state index in [0.717, 1.165) is 59.9 Å². The molecule has 0 saturated heterocycles. The minimum absolute atomic E-state index is 0.0526. The normalized spacial score (nSPS) is 11.4. The number of hydrogen-bond donors (Lipinski definition) is 2. The van der Waals surface area contributed by atoms with E-state index in [-0.39, 0.29) is 5.78 Å². The average Bonchev–Trinajstić information content (AvgIpc) is 3.61. The Kier molecular flexibility index (Phi) is 4.70. The quantitative estimate of drug-likeness (QED) is 0.325. The number of ketones is 1. The Balaban J connectivity index is 1.47. The highest BCUT2D eigenvalue weighted by atomic mass is 32.1. The van der Waals surface area contributed by atoms with Crippen LogP contribution in [0.2, 0.25) is 0 Å². The number of methoxy groups -OCH3 is 1. The largest absolute Gasteiger partial charge is 0.495 e. The highest BCUT2D eigenvalue weighted by Gasteiger charge is 2.17. The van der Waals surface area contributed by atoms with Crippen molar-refractivity contribution in [2.45, 2.75) is 6.92 Å². The van der Waals surface area contributed by atoms with Gasteiger partial charge in [0.05, 0.1) is 51.9 Å². The predicted octanol–water partition coefficient (Wildman–Crippen LogP) is 5.50. The summed E-state index contributed by atoms with van der Waals surface area (Å²) in [6, 6.07) is 11.7. The number of nitrogens with zero attached hydrogens (tertiary/aromatic N) is 4. The van der Waals surface area contributed by atoms with E-state index in [4.69, 9.17) is 4.74 Å². The number of carbonyl (C=O) groups is 1. The molecule has 0 fully saturated rings. The molecule has 0 saturated carbocycles. The monoisotopic (exact) mass is 466 g/mol. The van der Waals surface area contributed by atoms with Crippen LogP contribution in [0.1, 0.15) is 16.6 Å². The van der Waals surface area contributed by atoms with E-state index in [1.165, 1.54) is 11.3 Å². The Hall–Kier alpha value is -4.37. The van der Waals surface area contributed by atoms with Gasteiger partial charge in [-0.15, -0.1) is 11.3 Å². The van der Waals surface area contributed by atoms with E-state index < -0.39 is 0 Å². The van der Waals surface area contributed by atoms with Crippen LogP contribution in [0, 0.1) is 0 Å². The van der Waals surface area contributed by atoms with Crippen molar-refractivity contribution in [3.05, 3.63) is 66.1 Å². The number of Topliss-reactive ketones (excluding diaryl/α,β-unsaturated/α-hetero) is 1. The molecule has 166 valence electrons. The molecule has 34 heavy (non-hydrogen) atoms. The van der Waals surface area contributed by atoms with Gasteiger partial charge >= 0.3 is 0 Å². The van der Waals surface area contributed by atoms with Crippen molar-refractivity contribution in [2.24, 2.45) is 0 Å². The second-order valence-corrected chi connectivity index (χ2v) is 8.91. The van der Waals surface area contributed by atoms with Crippen molar-refractivity contribution < 1.29 is 9.53 Å². The molecule has 0 aromatic carbocycles. The third-order valence-corrected chi connectivity index (χ3v) is 6.87. The number of ether oxygens (including phenoxy) is 1. The molecule has 2 N–H and O–H groups in total. The van der Waals surface area contributed by atoms with E-state index in [2.05, 4.69) is 30.1 Å². The van der Waals surface area contributed by atoms with E-state index >= 15 is 0 Å². The van der Waals surface area contributed by atoms with E-state index in [1.54, 1.807) is 38.8 Å². The topological polar surface area (TPSA) is 109 Å². The Bertz CT molecular complexity index is 1700. The van der Waals surface area contributed by atoms with Crippen molar-refractivity contribution in [3.8, 4) is 39.0 Å². The lowest BCUT2D eigenvalue weighted by atomic mass is 10.1. The maximum atomic E-state index is 11.8. The second kappa shape index (κ2) is 7.89. The standard InChI is InChI=1S/C25H18N6O2S/c1-13(32)22-3-4-23(34-22)25-16-9-20(29-18(16)5-6-27-25)24-17-8-19(28-12-21(17)30-31-24)14-7-15(33-2)11-26-10-14/h3-12,29H,1-2H3,(H,30,31). The van der Waals surface area contributed by atoms with Gasteiger partial charge in [0.25, 0.3) is 0 Å². The van der Waals surface area contributed by atoms with Gasteiger partial charge < -0.3 is 9.72 Å². The minimum atomic E-state index is 0.0526. The number of hydrogen-bond acceptors (Lipinski definition) is 7. The van der Waals surface area contributed by atoms with Crippen LogP contribution in [0.4, 0.5) is 0 Å². The molecule has 0 radical (unpaired) electrons. The lowest BCUT2D eigenvalue weighted by Gasteiger charge is -2.04. The van der Waals surface area contributed by atoms with Crippen LogP contribution in [0.3, 0.4) is 0 Å². The van der Waals surface area contributed by atoms with Crippen LogP contribution >= 0.6 is 11.3 Å². The van der Waals surface area contributed by atoms with E-state index in [1.807, 2.05) is 36.4 Å². The molecule has 0 unspecified atom stereocenters. The number of aromatic amines is 2. The van der Waals surface area contributed by atoms with Crippen molar-refractivity contribution in [1.29, 1.82) is 0 Å². The molecule has 6 rings (SSSR count). The van der Waals surface area contributed by atoms with Crippen LogP contribution < -0.4 is 4.74 Å². The molecule has 0 atom stereocenters. The first-order valence-electron chi connectivity index (χ1n) is 10.5. The molecule has 0 amide bonds. The fraction of sp³-hybridized carbons (Fsp3) is 0.0800. The fourth-order valence-electron chi connectivity index (χ4n) is 3.98. The first-order chi connectivity index (χ1) is 16.6. The van der Waals surface area contributed by atoms with E-state index in [0.29, 0.717) is 5.75 Å². The maximum Gasteiger partial charge on any atom is 0.169 e. The summed E-state index contributed by atoms with van der Waals surface area (Å²) in [4.78, 5) is 30.3. The highest BCUT2D eigenvalue weighted by molar-refractivity contribution is 7.17. The maximum absolute atomic E-state index is 11.8. The third kappa shape index (κ3) is 3.34. The van der Waals surface area contributed by atoms with Gasteiger partial charge in [-0.1, -0.05) is 0 Å². The molecule has 0 spiro atoms. The average molecular weight is 467 g/mol. The van der Waals surface area contributed by atoms with Gasteiger partial charge in [0, 0.05) is 34.2 Å². The van der Waals surface area contributed by atoms with Gasteiger partial charge in [-0.2, -0.15) is 5.10 Å². The van der Waals surface area contributed by atoms with Gasteiger partial charge in [-0.3, -0.25) is 24.8 Å². The van der Waals surface area contributed by atoms with Gasteiger partial charge in [0.2, 0.25) is 0 Å². The number of fused-ring (bicyclic) bond motifs is 2. The molecule has 6 heterocycles. The molecule has 0 aliphatic rings. The fourth-order valence-corrected chi connectivity index (χ4v) is 4.89. The first kappa shape index (κ1) is 20.3. The Morgan fingerprint density at radius 2 is 1.85 bits per heavy atom. The summed E-state index contributed by atoms with van der Waals surface area (Å²) in [5.74, 6) is 0.723. The number of carbonyl (C=O) groups excluding carboxylic acids is 1. The Morgan fingerprint density at radius 1 is 0.971 bits per heavy atom. The summed E-state index contributed by atoms with van der Waals surface area (Å²) in [7, 11) is 1.61. The summed E-state index contributed by atoms with van der Waals surface area (Å²) >= 11 is 1.45. The van der Waals surface area contributed by atoms with Gasteiger partial charge in [-0.25, -0.2) is 0 Å². The van der Waals surface area contributed by atoms with Crippen molar-refractivity contribution in [1.82, 2.24) is 30.1 Å². The lowest BCUT2D eigenvalue weighted by Crippen LogP contribution is -1.88. The Morgan fingerprint density at radius 3 is 2.68 bits per heavy atom. The van der Waals surface area contributed by atoms with Crippen molar-refractivity contribution in [3.63, 3.8) is 0 Å². The van der Waals surface area contributed by atoms with E-state index in [9.17, 15) is 4.79 Å². The van der Waals surface area contributed by atoms with Gasteiger partial charge in [-0.05, 0) is 43.3 Å². The number of rotatable bonds is 5. The molecule has 0 aliphatic heterocycles. The van der Waals surface area contributed by atoms with Crippen LogP contribution in [-0.4, -0.2) is 43.0 Å². The molecule has 8 nitrogen and oxygen atoms in total. The van der Waals surface area contributed by atoms with Crippen LogP contribution in [0.5, 0.6) is 5.75 Å². The van der Waals surface area contributed by atoms with Gasteiger partial charge in [0.15, 0.2) is 5.78 Å². The molecule has 9 heteroatoms. The first-order valence-corrected chi connectivity index (χ1v) is 11.3. The lowest BCUT2D eigenvalue weighted by molar-refractivity contribution is 0.102. The number of thiophene rings is 1. The van der Waals surface area contributed by atoms with Gasteiger partial charge in [0.1, 0.15) is 11.4 Å². The summed E-state index contributed by atoms with van der Waals surface area (Å²) in [5.41, 5.74) is 5.89. The number of H-pyrrole nitrogens is 2. The number of pyridine rings is 3. The molecule has 0 bridgehead atoms. The summed E-state index contributed by atoms with van der Waals surface area (Å²) < 4.78 is 5.30. The summed E-state index contributed by atoms with van der Waals surface area (Å²) in [6.07, 6.45) is 6.96. The van der Waals surface area contributed by atoms with Crippen LogP contribution in [0.25, 0.3) is 55.0 Å². The summed E-state index contributed by atoms with van der Waals surface area (Å²) in [5, 5.41) is 9.53. The third-order valence-electron chi connectivity index (χ3n) is 5.68. The highest BCUT2D eigenvalue weighted by Crippen LogP contribution is 2.36. The zero-order valence-electron chi connectivity index (χ0n) is 18.3. The summed E-state index contributed by atoms with van der Waals surface area (Å²) in [6.45, 7) is 1.57. The molecule has 6 aromatic rings. The SMILES string of the molecule is COc1cncc(-c2cc3c(-c4cc5c(-c6ccc(C(C)=O)s6)nccc5[nH]4)n[nH]c3cn2)c1. The Labute approximate surface area is 197 Å². The molecule has 0 aliphatic carbocycles. The molecular formula is C25H18N6O2S. The zero-order chi connectivity index (χ0) is 23.2. The smallest absolute Gasteiger partial charge is 0.169 e. The number of nitrogens with one attached hydrogen (secondary N) is 2. The predicted molar refractivity (Wildman–Crippen MR) is 132 cm³/mol. The molecular weight excluding hydrogens is 448 g/mol. The van der Waals surface area contributed by atoms with Crippen LogP contribution in [0.15, 0.2) is 61.2 Å². The second-order valence-electron chi connectivity index (χ2n) is 7.82.